The van der Waals surface area contributed by atoms with Gasteiger partial charge in [0, 0.05) is 16.2 Å². The molecule has 0 atom stereocenters. The SMILES string of the molecule is CCCNc1cc(Nc2ccc(I)cc2Cl)nc(C)n1. The van der Waals surface area contributed by atoms with Crippen LogP contribution < -0.4 is 10.6 Å². The third-order valence-corrected chi connectivity index (χ3v) is 3.57. The van der Waals surface area contributed by atoms with Gasteiger partial charge in [-0.15, -0.1) is 0 Å². The van der Waals surface area contributed by atoms with Gasteiger partial charge in [-0.25, -0.2) is 9.97 Å². The van der Waals surface area contributed by atoms with Crippen molar-refractivity contribution in [1.29, 1.82) is 0 Å². The molecule has 2 aromatic rings. The lowest BCUT2D eigenvalue weighted by Gasteiger charge is -2.11. The molecule has 0 amide bonds. The van der Waals surface area contributed by atoms with Crippen LogP contribution in [0, 0.1) is 10.5 Å². The summed E-state index contributed by atoms with van der Waals surface area (Å²) in [5, 5.41) is 7.17. The first kappa shape index (κ1) is 15.3. The van der Waals surface area contributed by atoms with E-state index in [1.54, 1.807) is 0 Å². The molecule has 0 spiro atoms. The lowest BCUT2D eigenvalue weighted by Crippen LogP contribution is -2.05. The van der Waals surface area contributed by atoms with Crippen molar-refractivity contribution in [3.63, 3.8) is 0 Å². The normalized spacial score (nSPS) is 10.4. The van der Waals surface area contributed by atoms with Crippen LogP contribution in [0.4, 0.5) is 17.3 Å². The molecule has 0 aliphatic carbocycles. The molecule has 1 aromatic heterocycles. The minimum atomic E-state index is 0.677. The maximum atomic E-state index is 6.22. The fourth-order valence-electron chi connectivity index (χ4n) is 1.70. The number of halogens is 2. The minimum Gasteiger partial charge on any atom is -0.370 e. The Bertz CT molecular complexity index is 604. The number of rotatable bonds is 5. The van der Waals surface area contributed by atoms with E-state index in [9.17, 15) is 0 Å². The van der Waals surface area contributed by atoms with Crippen LogP contribution in [0.1, 0.15) is 19.2 Å². The van der Waals surface area contributed by atoms with Crippen LogP contribution in [-0.2, 0) is 0 Å². The average Bonchev–Trinajstić information content (AvgIpc) is 2.39. The zero-order valence-electron chi connectivity index (χ0n) is 11.4. The van der Waals surface area contributed by atoms with Gasteiger partial charge in [0.2, 0.25) is 0 Å². The predicted molar refractivity (Wildman–Crippen MR) is 93.0 cm³/mol. The van der Waals surface area contributed by atoms with Crippen molar-refractivity contribution in [3.8, 4) is 0 Å². The first-order chi connectivity index (χ1) is 9.58. The highest BCUT2D eigenvalue weighted by Crippen LogP contribution is 2.27. The van der Waals surface area contributed by atoms with E-state index in [1.807, 2.05) is 31.2 Å². The summed E-state index contributed by atoms with van der Waals surface area (Å²) in [7, 11) is 0. The maximum absolute atomic E-state index is 6.22. The van der Waals surface area contributed by atoms with Crippen molar-refractivity contribution in [3.05, 3.63) is 38.7 Å². The predicted octanol–water partition coefficient (Wildman–Crippen LogP) is 4.61. The lowest BCUT2D eigenvalue weighted by atomic mass is 10.3. The molecule has 0 bridgehead atoms. The number of hydrogen-bond donors (Lipinski definition) is 2. The summed E-state index contributed by atoms with van der Waals surface area (Å²) < 4.78 is 1.10. The summed E-state index contributed by atoms with van der Waals surface area (Å²) in [6, 6.07) is 7.74. The molecule has 2 N–H and O–H groups in total. The summed E-state index contributed by atoms with van der Waals surface area (Å²) >= 11 is 8.45. The Hall–Kier alpha value is -1.08. The molecule has 0 aliphatic heterocycles. The van der Waals surface area contributed by atoms with E-state index in [2.05, 4.69) is 50.1 Å². The molecule has 106 valence electrons. The zero-order valence-corrected chi connectivity index (χ0v) is 14.3. The number of benzene rings is 1. The Balaban J connectivity index is 2.21. The fraction of sp³-hybridized carbons (Fsp3) is 0.286. The van der Waals surface area contributed by atoms with E-state index >= 15 is 0 Å². The molecule has 4 nitrogen and oxygen atoms in total. The van der Waals surface area contributed by atoms with Crippen molar-refractivity contribution in [1.82, 2.24) is 9.97 Å². The minimum absolute atomic E-state index is 0.677. The number of nitrogens with zero attached hydrogens (tertiary/aromatic N) is 2. The van der Waals surface area contributed by atoms with Crippen molar-refractivity contribution in [2.45, 2.75) is 20.3 Å². The van der Waals surface area contributed by atoms with Crippen LogP contribution in [-0.4, -0.2) is 16.5 Å². The van der Waals surface area contributed by atoms with E-state index in [4.69, 9.17) is 11.6 Å². The topological polar surface area (TPSA) is 49.8 Å². The Morgan fingerprint density at radius 2 is 1.95 bits per heavy atom. The second-order valence-electron chi connectivity index (χ2n) is 4.36. The van der Waals surface area contributed by atoms with E-state index < -0.39 is 0 Å². The number of anilines is 3. The van der Waals surface area contributed by atoms with Gasteiger partial charge >= 0.3 is 0 Å². The smallest absolute Gasteiger partial charge is 0.136 e. The Morgan fingerprint density at radius 3 is 2.65 bits per heavy atom. The van der Waals surface area contributed by atoms with E-state index in [-0.39, 0.29) is 0 Å². The molecule has 0 aliphatic rings. The Labute approximate surface area is 137 Å². The molecule has 2 rings (SSSR count). The lowest BCUT2D eigenvalue weighted by molar-refractivity contribution is 0.955. The molecule has 1 aromatic carbocycles. The van der Waals surface area contributed by atoms with Crippen LogP contribution in [0.3, 0.4) is 0 Å². The summed E-state index contributed by atoms with van der Waals surface area (Å²) in [5.41, 5.74) is 0.839. The summed E-state index contributed by atoms with van der Waals surface area (Å²) in [6.45, 7) is 4.88. The van der Waals surface area contributed by atoms with Gasteiger partial charge in [-0.2, -0.15) is 0 Å². The van der Waals surface area contributed by atoms with Crippen LogP contribution >= 0.6 is 34.2 Å². The highest BCUT2D eigenvalue weighted by molar-refractivity contribution is 14.1. The maximum Gasteiger partial charge on any atom is 0.136 e. The van der Waals surface area contributed by atoms with Gasteiger partial charge in [0.25, 0.3) is 0 Å². The Morgan fingerprint density at radius 1 is 1.20 bits per heavy atom. The Kier molecular flexibility index (Phi) is 5.42. The van der Waals surface area contributed by atoms with Gasteiger partial charge in [0.15, 0.2) is 0 Å². The molecule has 20 heavy (non-hydrogen) atoms. The zero-order chi connectivity index (χ0) is 14.5. The van der Waals surface area contributed by atoms with Gasteiger partial charge in [-0.05, 0) is 54.1 Å². The fourth-order valence-corrected chi connectivity index (χ4v) is 2.61. The van der Waals surface area contributed by atoms with Gasteiger partial charge in [-0.3, -0.25) is 0 Å². The summed E-state index contributed by atoms with van der Waals surface area (Å²) in [5.74, 6) is 2.28. The molecule has 0 radical (unpaired) electrons. The summed E-state index contributed by atoms with van der Waals surface area (Å²) in [6.07, 6.45) is 1.05. The first-order valence-electron chi connectivity index (χ1n) is 6.40. The largest absolute Gasteiger partial charge is 0.370 e. The number of aromatic nitrogens is 2. The first-order valence-corrected chi connectivity index (χ1v) is 7.86. The van der Waals surface area contributed by atoms with E-state index in [1.165, 1.54) is 0 Å². The van der Waals surface area contributed by atoms with Crippen molar-refractivity contribution in [2.24, 2.45) is 0 Å². The number of nitrogens with one attached hydrogen (secondary N) is 2. The molecule has 6 heteroatoms. The van der Waals surface area contributed by atoms with Crippen molar-refractivity contribution >= 4 is 51.5 Å². The van der Waals surface area contributed by atoms with Crippen LogP contribution in [0.5, 0.6) is 0 Å². The molecule has 0 unspecified atom stereocenters. The van der Waals surface area contributed by atoms with Crippen LogP contribution in [0.25, 0.3) is 0 Å². The molecule has 0 fully saturated rings. The molecule has 1 heterocycles. The molecular formula is C14H16ClIN4. The van der Waals surface area contributed by atoms with Gasteiger partial charge < -0.3 is 10.6 Å². The van der Waals surface area contributed by atoms with Gasteiger partial charge in [0.1, 0.15) is 17.5 Å². The quantitative estimate of drug-likeness (QED) is 0.717. The number of hydrogen-bond acceptors (Lipinski definition) is 4. The highest BCUT2D eigenvalue weighted by Gasteiger charge is 2.05. The van der Waals surface area contributed by atoms with Gasteiger partial charge in [-0.1, -0.05) is 18.5 Å². The second kappa shape index (κ2) is 7.08. The highest BCUT2D eigenvalue weighted by atomic mass is 127. The van der Waals surface area contributed by atoms with E-state index in [0.717, 1.165) is 39.7 Å². The van der Waals surface area contributed by atoms with Crippen molar-refractivity contribution in [2.75, 3.05) is 17.2 Å². The van der Waals surface area contributed by atoms with Gasteiger partial charge in [0.05, 0.1) is 10.7 Å². The third-order valence-electron chi connectivity index (χ3n) is 2.59. The monoisotopic (exact) mass is 402 g/mol. The van der Waals surface area contributed by atoms with Crippen LogP contribution in [0.2, 0.25) is 5.02 Å². The van der Waals surface area contributed by atoms with Crippen molar-refractivity contribution < 1.29 is 0 Å². The molecular weight excluding hydrogens is 387 g/mol. The molecule has 0 saturated heterocycles. The second-order valence-corrected chi connectivity index (χ2v) is 6.01. The standard InChI is InChI=1S/C14H16ClIN4/c1-3-6-17-13-8-14(19-9(2)18-13)20-12-5-4-10(16)7-11(12)15/h4-5,7-8H,3,6H2,1-2H3,(H2,17,18,19,20). The number of aryl methyl sites for hydroxylation is 1. The average molecular weight is 403 g/mol. The third kappa shape index (κ3) is 4.21. The summed E-state index contributed by atoms with van der Waals surface area (Å²) in [4.78, 5) is 8.73. The van der Waals surface area contributed by atoms with E-state index in [0.29, 0.717) is 5.02 Å². The molecule has 0 saturated carbocycles. The van der Waals surface area contributed by atoms with Crippen LogP contribution in [0.15, 0.2) is 24.3 Å².